The topological polar surface area (TPSA) is 37.4 Å². The molecule has 2 amide bonds. The fraction of sp³-hybridized carbons (Fsp3) is 0.375. The maximum Gasteiger partial charge on any atom is 0.267 e. The Labute approximate surface area is 124 Å². The molecule has 0 aromatic heterocycles. The van der Waals surface area contributed by atoms with Crippen molar-refractivity contribution >= 4 is 29.1 Å². The molecular weight excluding hydrogens is 270 g/mol. The van der Waals surface area contributed by atoms with E-state index < -0.39 is 0 Å². The SMILES string of the molecule is CCCCN1C(=O)C(SCC)=C(c2ccccc2)C1=O. The smallest absolute Gasteiger partial charge is 0.267 e. The van der Waals surface area contributed by atoms with Crippen LogP contribution in [0.15, 0.2) is 35.2 Å². The molecule has 0 spiro atoms. The lowest BCUT2D eigenvalue weighted by Gasteiger charge is -2.14. The van der Waals surface area contributed by atoms with Gasteiger partial charge in [-0.15, -0.1) is 11.8 Å². The fourth-order valence-electron chi connectivity index (χ4n) is 2.21. The maximum absolute atomic E-state index is 12.5. The Morgan fingerprint density at radius 2 is 1.75 bits per heavy atom. The van der Waals surface area contributed by atoms with E-state index in [4.69, 9.17) is 0 Å². The lowest BCUT2D eigenvalue weighted by molar-refractivity contribution is -0.136. The molecule has 1 aliphatic rings. The average Bonchev–Trinajstić information content (AvgIpc) is 2.70. The molecule has 20 heavy (non-hydrogen) atoms. The van der Waals surface area contributed by atoms with Crippen molar-refractivity contribution in [1.29, 1.82) is 0 Å². The van der Waals surface area contributed by atoms with Crippen molar-refractivity contribution in [3.8, 4) is 0 Å². The van der Waals surface area contributed by atoms with Crippen molar-refractivity contribution in [3.05, 3.63) is 40.8 Å². The first-order valence-corrected chi connectivity index (χ1v) is 7.97. The maximum atomic E-state index is 12.5. The van der Waals surface area contributed by atoms with Gasteiger partial charge in [0.15, 0.2) is 0 Å². The summed E-state index contributed by atoms with van der Waals surface area (Å²) in [5.74, 6) is 0.506. The molecule has 0 bridgehead atoms. The predicted molar refractivity (Wildman–Crippen MR) is 83.1 cm³/mol. The molecule has 2 rings (SSSR count). The van der Waals surface area contributed by atoms with Gasteiger partial charge in [-0.1, -0.05) is 50.6 Å². The van der Waals surface area contributed by atoms with E-state index in [1.54, 1.807) is 0 Å². The second-order valence-electron chi connectivity index (χ2n) is 4.62. The van der Waals surface area contributed by atoms with Gasteiger partial charge < -0.3 is 0 Å². The first-order valence-electron chi connectivity index (χ1n) is 6.99. The second-order valence-corrected chi connectivity index (χ2v) is 5.89. The molecule has 0 radical (unpaired) electrons. The zero-order chi connectivity index (χ0) is 14.5. The van der Waals surface area contributed by atoms with Crippen LogP contribution >= 0.6 is 11.8 Å². The first kappa shape index (κ1) is 14.9. The molecule has 106 valence electrons. The molecule has 0 aliphatic carbocycles. The minimum absolute atomic E-state index is 0.130. The summed E-state index contributed by atoms with van der Waals surface area (Å²) in [4.78, 5) is 27.0. The number of unbranched alkanes of at least 4 members (excludes halogenated alkanes) is 1. The summed E-state index contributed by atoms with van der Waals surface area (Å²) >= 11 is 1.46. The van der Waals surface area contributed by atoms with Crippen LogP contribution in [0.1, 0.15) is 32.3 Å². The van der Waals surface area contributed by atoms with Crippen molar-refractivity contribution < 1.29 is 9.59 Å². The summed E-state index contributed by atoms with van der Waals surface area (Å²) in [6, 6.07) is 9.47. The number of hydrogen-bond donors (Lipinski definition) is 0. The molecule has 3 nitrogen and oxygen atoms in total. The van der Waals surface area contributed by atoms with Crippen LogP contribution in [-0.4, -0.2) is 29.0 Å². The summed E-state index contributed by atoms with van der Waals surface area (Å²) in [5, 5.41) is 0. The van der Waals surface area contributed by atoms with Crippen molar-refractivity contribution in [2.45, 2.75) is 26.7 Å². The Hall–Kier alpha value is -1.55. The summed E-state index contributed by atoms with van der Waals surface area (Å²) in [5.41, 5.74) is 1.40. The van der Waals surface area contributed by atoms with E-state index in [0.29, 0.717) is 17.0 Å². The summed E-state index contributed by atoms with van der Waals surface area (Å²) in [7, 11) is 0. The van der Waals surface area contributed by atoms with Crippen LogP contribution in [0.25, 0.3) is 5.57 Å². The third-order valence-corrected chi connectivity index (χ3v) is 4.17. The van der Waals surface area contributed by atoms with Crippen LogP contribution in [0.4, 0.5) is 0 Å². The van der Waals surface area contributed by atoms with E-state index in [-0.39, 0.29) is 11.8 Å². The predicted octanol–water partition coefficient (Wildman–Crippen LogP) is 3.32. The van der Waals surface area contributed by atoms with Gasteiger partial charge in [0.05, 0.1) is 10.5 Å². The van der Waals surface area contributed by atoms with Gasteiger partial charge in [-0.3, -0.25) is 14.5 Å². The van der Waals surface area contributed by atoms with E-state index in [2.05, 4.69) is 6.92 Å². The molecule has 0 saturated heterocycles. The molecule has 0 unspecified atom stereocenters. The molecule has 0 atom stereocenters. The highest BCUT2D eigenvalue weighted by atomic mass is 32.2. The number of thioether (sulfide) groups is 1. The molecule has 1 aromatic carbocycles. The second kappa shape index (κ2) is 6.75. The molecule has 4 heteroatoms. The van der Waals surface area contributed by atoms with Crippen LogP contribution < -0.4 is 0 Å². The molecule has 1 aromatic rings. The van der Waals surface area contributed by atoms with Gasteiger partial charge in [-0.05, 0) is 17.7 Å². The van der Waals surface area contributed by atoms with Crippen molar-refractivity contribution in [1.82, 2.24) is 4.90 Å². The number of rotatable bonds is 6. The van der Waals surface area contributed by atoms with E-state index >= 15 is 0 Å². The standard InChI is InChI=1S/C16H19NO2S/c1-3-5-11-17-15(18)13(12-9-7-6-8-10-12)14(16(17)19)20-4-2/h6-10H,3-5,11H2,1-2H3. The summed E-state index contributed by atoms with van der Waals surface area (Å²) < 4.78 is 0. The molecule has 1 aliphatic heterocycles. The number of nitrogens with zero attached hydrogens (tertiary/aromatic N) is 1. The Bertz CT molecular complexity index is 537. The molecule has 0 N–H and O–H groups in total. The number of amides is 2. The zero-order valence-electron chi connectivity index (χ0n) is 11.9. The largest absolute Gasteiger partial charge is 0.274 e. The molecular formula is C16H19NO2S. The monoisotopic (exact) mass is 289 g/mol. The van der Waals surface area contributed by atoms with Gasteiger partial charge in [-0.25, -0.2) is 0 Å². The van der Waals surface area contributed by atoms with Crippen LogP contribution in [0, 0.1) is 0 Å². The van der Waals surface area contributed by atoms with E-state index in [1.807, 2.05) is 37.3 Å². The van der Waals surface area contributed by atoms with Crippen molar-refractivity contribution in [2.24, 2.45) is 0 Å². The van der Waals surface area contributed by atoms with Crippen LogP contribution in [0.5, 0.6) is 0 Å². The Kier molecular flexibility index (Phi) is 5.01. The highest BCUT2D eigenvalue weighted by molar-refractivity contribution is 8.04. The summed E-state index contributed by atoms with van der Waals surface area (Å²) in [6.07, 6.45) is 1.82. The molecule has 0 fully saturated rings. The van der Waals surface area contributed by atoms with E-state index in [0.717, 1.165) is 24.2 Å². The first-order chi connectivity index (χ1) is 9.70. The Morgan fingerprint density at radius 1 is 1.05 bits per heavy atom. The van der Waals surface area contributed by atoms with E-state index in [1.165, 1.54) is 16.7 Å². The number of hydrogen-bond acceptors (Lipinski definition) is 3. The van der Waals surface area contributed by atoms with Gasteiger partial charge in [0.2, 0.25) is 0 Å². The van der Waals surface area contributed by atoms with Crippen molar-refractivity contribution in [3.63, 3.8) is 0 Å². The lowest BCUT2D eigenvalue weighted by atomic mass is 10.1. The van der Waals surface area contributed by atoms with Gasteiger partial charge >= 0.3 is 0 Å². The van der Waals surface area contributed by atoms with Crippen LogP contribution in [0.3, 0.4) is 0 Å². The van der Waals surface area contributed by atoms with Gasteiger partial charge in [0.25, 0.3) is 11.8 Å². The number of benzene rings is 1. The van der Waals surface area contributed by atoms with Gasteiger partial charge in [-0.2, -0.15) is 0 Å². The lowest BCUT2D eigenvalue weighted by Crippen LogP contribution is -2.32. The van der Waals surface area contributed by atoms with Crippen LogP contribution in [0.2, 0.25) is 0 Å². The quantitative estimate of drug-likeness (QED) is 0.754. The summed E-state index contributed by atoms with van der Waals surface area (Å²) in [6.45, 7) is 4.56. The molecule has 0 saturated carbocycles. The third-order valence-electron chi connectivity index (χ3n) is 3.21. The fourth-order valence-corrected chi connectivity index (χ4v) is 3.08. The highest BCUT2D eigenvalue weighted by Gasteiger charge is 2.38. The third kappa shape index (κ3) is 2.80. The Morgan fingerprint density at radius 3 is 2.35 bits per heavy atom. The number of carbonyl (C=O) groups is 2. The Balaban J connectivity index is 2.38. The zero-order valence-corrected chi connectivity index (χ0v) is 12.7. The van der Waals surface area contributed by atoms with Gasteiger partial charge in [0.1, 0.15) is 0 Å². The van der Waals surface area contributed by atoms with Gasteiger partial charge in [0, 0.05) is 6.54 Å². The number of carbonyl (C=O) groups excluding carboxylic acids is 2. The minimum atomic E-state index is -0.148. The average molecular weight is 289 g/mol. The molecule has 1 heterocycles. The highest BCUT2D eigenvalue weighted by Crippen LogP contribution is 2.35. The van der Waals surface area contributed by atoms with E-state index in [9.17, 15) is 9.59 Å². The number of imide groups is 1. The minimum Gasteiger partial charge on any atom is -0.274 e. The normalized spacial score (nSPS) is 15.4. The van der Waals surface area contributed by atoms with Crippen molar-refractivity contribution in [2.75, 3.05) is 12.3 Å². The van der Waals surface area contributed by atoms with Crippen LogP contribution in [-0.2, 0) is 9.59 Å².